The van der Waals surface area contributed by atoms with Crippen molar-refractivity contribution in [1.82, 2.24) is 0 Å². The molecule has 1 N–H and O–H groups in total. The molecule has 0 aromatic heterocycles. The first-order chi connectivity index (χ1) is 12.0. The van der Waals surface area contributed by atoms with Crippen LogP contribution in [0.15, 0.2) is 36.4 Å². The number of methoxy groups -OCH3 is 1. The number of nitrogens with one attached hydrogen (secondary N) is 1. The number of carbonyl (C=O) groups is 1. The van der Waals surface area contributed by atoms with Gasteiger partial charge in [-0.15, -0.1) is 11.8 Å². The monoisotopic (exact) mass is 359 g/mol. The molecule has 0 atom stereocenters. The van der Waals surface area contributed by atoms with E-state index in [1.165, 1.54) is 5.56 Å². The summed E-state index contributed by atoms with van der Waals surface area (Å²) in [7, 11) is 1.60. The zero-order valence-electron chi connectivity index (χ0n) is 15.2. The molecule has 0 saturated carbocycles. The second-order valence-electron chi connectivity index (χ2n) is 5.92. The Labute approximate surface area is 153 Å². The van der Waals surface area contributed by atoms with Gasteiger partial charge in [-0.2, -0.15) is 0 Å². The lowest BCUT2D eigenvalue weighted by Crippen LogP contribution is -2.16. The lowest BCUT2D eigenvalue weighted by atomic mass is 10.1. The van der Waals surface area contributed by atoms with E-state index in [4.69, 9.17) is 9.47 Å². The number of amides is 1. The number of anilines is 1. The maximum atomic E-state index is 12.1. The minimum Gasteiger partial charge on any atom is -0.495 e. The van der Waals surface area contributed by atoms with Gasteiger partial charge < -0.3 is 14.8 Å². The molecule has 0 unspecified atom stereocenters. The lowest BCUT2D eigenvalue weighted by Gasteiger charge is -2.11. The summed E-state index contributed by atoms with van der Waals surface area (Å²) in [5, 5.41) is 2.90. The van der Waals surface area contributed by atoms with E-state index >= 15 is 0 Å². The smallest absolute Gasteiger partial charge is 0.234 e. The van der Waals surface area contributed by atoms with Crippen LogP contribution >= 0.6 is 11.8 Å². The van der Waals surface area contributed by atoms with Crippen LogP contribution in [0.3, 0.4) is 0 Å². The van der Waals surface area contributed by atoms with Crippen molar-refractivity contribution in [2.75, 3.05) is 30.5 Å². The maximum absolute atomic E-state index is 12.1. The number of aryl methyl sites for hydroxylation is 3. The molecule has 0 aliphatic heterocycles. The highest BCUT2D eigenvalue weighted by Gasteiger charge is 2.08. The van der Waals surface area contributed by atoms with Crippen molar-refractivity contribution < 1.29 is 14.3 Å². The summed E-state index contributed by atoms with van der Waals surface area (Å²) in [5.41, 5.74) is 4.09. The molecule has 134 valence electrons. The third-order valence-electron chi connectivity index (χ3n) is 3.69. The zero-order valence-corrected chi connectivity index (χ0v) is 16.0. The number of rotatable bonds is 8. The number of carbonyl (C=O) groups excluding carboxylic acids is 1. The minimum absolute atomic E-state index is 0.0411. The molecule has 1 amide bonds. The van der Waals surface area contributed by atoms with Crippen LogP contribution in [0.25, 0.3) is 0 Å². The van der Waals surface area contributed by atoms with Gasteiger partial charge in [-0.05, 0) is 55.7 Å². The topological polar surface area (TPSA) is 47.6 Å². The summed E-state index contributed by atoms with van der Waals surface area (Å²) in [5.74, 6) is 2.68. The summed E-state index contributed by atoms with van der Waals surface area (Å²) in [6.07, 6.45) is 0. The first-order valence-corrected chi connectivity index (χ1v) is 9.37. The molecule has 0 fully saturated rings. The van der Waals surface area contributed by atoms with Crippen LogP contribution in [0.2, 0.25) is 0 Å². The van der Waals surface area contributed by atoms with Crippen molar-refractivity contribution in [1.29, 1.82) is 0 Å². The molecule has 25 heavy (non-hydrogen) atoms. The van der Waals surface area contributed by atoms with Gasteiger partial charge in [0, 0.05) is 5.75 Å². The van der Waals surface area contributed by atoms with Gasteiger partial charge in [-0.1, -0.05) is 18.2 Å². The van der Waals surface area contributed by atoms with E-state index in [9.17, 15) is 4.79 Å². The second kappa shape index (κ2) is 9.37. The fraction of sp³-hybridized carbons (Fsp3) is 0.350. The first kappa shape index (κ1) is 19.2. The standard InChI is InChI=1S/C20H25NO3S/c1-14-6-8-18(23-4)17(11-14)21-20(22)13-25-10-9-24-19-12-15(2)5-7-16(19)3/h5-8,11-12H,9-10,13H2,1-4H3,(H,21,22). The van der Waals surface area contributed by atoms with Crippen LogP contribution in [0.4, 0.5) is 5.69 Å². The van der Waals surface area contributed by atoms with Crippen molar-refractivity contribution in [3.8, 4) is 11.5 Å². The molecule has 0 radical (unpaired) electrons. The fourth-order valence-corrected chi connectivity index (χ4v) is 2.95. The van der Waals surface area contributed by atoms with E-state index < -0.39 is 0 Å². The number of hydrogen-bond acceptors (Lipinski definition) is 4. The van der Waals surface area contributed by atoms with Crippen LogP contribution in [0.5, 0.6) is 11.5 Å². The average molecular weight is 359 g/mol. The highest BCUT2D eigenvalue weighted by molar-refractivity contribution is 7.99. The Balaban J connectivity index is 1.74. The Morgan fingerprint density at radius 1 is 1.04 bits per heavy atom. The van der Waals surface area contributed by atoms with E-state index in [1.807, 2.05) is 45.0 Å². The SMILES string of the molecule is COc1ccc(C)cc1NC(=O)CSCCOc1cc(C)ccc1C. The quantitative estimate of drug-likeness (QED) is 0.711. The van der Waals surface area contributed by atoms with Gasteiger partial charge in [-0.3, -0.25) is 4.79 Å². The average Bonchev–Trinajstić information content (AvgIpc) is 2.58. The van der Waals surface area contributed by atoms with Crippen molar-refractivity contribution in [2.45, 2.75) is 20.8 Å². The van der Waals surface area contributed by atoms with Crippen molar-refractivity contribution in [2.24, 2.45) is 0 Å². The van der Waals surface area contributed by atoms with Crippen LogP contribution in [-0.4, -0.2) is 31.1 Å². The molecule has 0 heterocycles. The molecule has 0 aliphatic carbocycles. The van der Waals surface area contributed by atoms with E-state index in [0.717, 1.165) is 22.6 Å². The Kier molecular flexibility index (Phi) is 7.19. The summed E-state index contributed by atoms with van der Waals surface area (Å²) in [6.45, 7) is 6.64. The summed E-state index contributed by atoms with van der Waals surface area (Å²) in [6, 6.07) is 11.9. The number of benzene rings is 2. The molecule has 0 saturated heterocycles. The first-order valence-electron chi connectivity index (χ1n) is 8.22. The maximum Gasteiger partial charge on any atom is 0.234 e. The third-order valence-corrected chi connectivity index (χ3v) is 4.61. The van der Waals surface area contributed by atoms with Gasteiger partial charge in [0.05, 0.1) is 25.2 Å². The number of ether oxygens (including phenoxy) is 2. The lowest BCUT2D eigenvalue weighted by molar-refractivity contribution is -0.113. The number of thioether (sulfide) groups is 1. The summed E-state index contributed by atoms with van der Waals surface area (Å²) in [4.78, 5) is 12.1. The van der Waals surface area contributed by atoms with Crippen LogP contribution in [0, 0.1) is 20.8 Å². The van der Waals surface area contributed by atoms with Crippen molar-refractivity contribution >= 4 is 23.4 Å². The molecule has 0 bridgehead atoms. The molecule has 2 aromatic rings. The van der Waals surface area contributed by atoms with Crippen molar-refractivity contribution in [3.05, 3.63) is 53.1 Å². The predicted octanol–water partition coefficient (Wildman–Crippen LogP) is 4.37. The van der Waals surface area contributed by atoms with E-state index in [2.05, 4.69) is 17.4 Å². The van der Waals surface area contributed by atoms with E-state index in [-0.39, 0.29) is 5.91 Å². The number of hydrogen-bond donors (Lipinski definition) is 1. The van der Waals surface area contributed by atoms with Gasteiger partial charge in [0.2, 0.25) is 5.91 Å². The molecule has 0 spiro atoms. The largest absolute Gasteiger partial charge is 0.495 e. The van der Waals surface area contributed by atoms with Crippen LogP contribution in [0.1, 0.15) is 16.7 Å². The summed E-state index contributed by atoms with van der Waals surface area (Å²) < 4.78 is 11.1. The fourth-order valence-electron chi connectivity index (χ4n) is 2.34. The molecule has 4 nitrogen and oxygen atoms in total. The summed E-state index contributed by atoms with van der Waals surface area (Å²) >= 11 is 1.55. The highest BCUT2D eigenvalue weighted by atomic mass is 32.2. The van der Waals surface area contributed by atoms with Gasteiger partial charge in [-0.25, -0.2) is 0 Å². The van der Waals surface area contributed by atoms with Crippen molar-refractivity contribution in [3.63, 3.8) is 0 Å². The Hall–Kier alpha value is -2.14. The Bertz CT molecular complexity index is 731. The van der Waals surface area contributed by atoms with Gasteiger partial charge in [0.15, 0.2) is 0 Å². The highest BCUT2D eigenvalue weighted by Crippen LogP contribution is 2.25. The molecule has 2 rings (SSSR count). The zero-order chi connectivity index (χ0) is 18.2. The Morgan fingerprint density at radius 2 is 1.76 bits per heavy atom. The molecule has 2 aromatic carbocycles. The minimum atomic E-state index is -0.0411. The van der Waals surface area contributed by atoms with Gasteiger partial charge in [0.25, 0.3) is 0 Å². The molecule has 0 aliphatic rings. The molecular formula is C20H25NO3S. The predicted molar refractivity (Wildman–Crippen MR) is 105 cm³/mol. The van der Waals surface area contributed by atoms with Crippen LogP contribution < -0.4 is 14.8 Å². The van der Waals surface area contributed by atoms with Crippen LogP contribution in [-0.2, 0) is 4.79 Å². The normalized spacial score (nSPS) is 10.4. The van der Waals surface area contributed by atoms with E-state index in [1.54, 1.807) is 18.9 Å². The second-order valence-corrected chi connectivity index (χ2v) is 7.03. The molecular weight excluding hydrogens is 334 g/mol. The Morgan fingerprint density at radius 3 is 2.52 bits per heavy atom. The molecule has 5 heteroatoms. The van der Waals surface area contributed by atoms with Gasteiger partial charge in [0.1, 0.15) is 11.5 Å². The van der Waals surface area contributed by atoms with Gasteiger partial charge >= 0.3 is 0 Å². The van der Waals surface area contributed by atoms with E-state index in [0.29, 0.717) is 23.8 Å². The third kappa shape index (κ3) is 6.02.